The Morgan fingerprint density at radius 1 is 1.17 bits per heavy atom. The summed E-state index contributed by atoms with van der Waals surface area (Å²) >= 11 is 5.98. The molecule has 4 heteroatoms. The quantitative estimate of drug-likeness (QED) is 0.843. The molecule has 1 saturated heterocycles. The fraction of sp³-hybridized carbons (Fsp3) is 0.316. The van der Waals surface area contributed by atoms with E-state index >= 15 is 0 Å². The number of benzene rings is 2. The molecule has 0 spiro atoms. The van der Waals surface area contributed by atoms with Gasteiger partial charge in [-0.3, -0.25) is 4.79 Å². The first-order valence-corrected chi connectivity index (χ1v) is 8.30. The summed E-state index contributed by atoms with van der Waals surface area (Å²) in [6.45, 7) is 2.00. The highest BCUT2D eigenvalue weighted by molar-refractivity contribution is 6.30. The summed E-state index contributed by atoms with van der Waals surface area (Å²) in [5.41, 5.74) is 1.80. The Kier molecular flexibility index (Phi) is 5.31. The number of likely N-dealkylation sites (tertiary alicyclic amines) is 1. The van der Waals surface area contributed by atoms with E-state index in [4.69, 9.17) is 16.3 Å². The maximum atomic E-state index is 12.6. The molecule has 1 fully saturated rings. The van der Waals surface area contributed by atoms with Crippen molar-refractivity contribution in [2.75, 3.05) is 13.1 Å². The third-order valence-corrected chi connectivity index (χ3v) is 4.30. The van der Waals surface area contributed by atoms with E-state index in [1.165, 1.54) is 0 Å². The van der Waals surface area contributed by atoms with Crippen LogP contribution in [0.3, 0.4) is 0 Å². The number of hydrogen-bond acceptors (Lipinski definition) is 2. The van der Waals surface area contributed by atoms with E-state index < -0.39 is 0 Å². The van der Waals surface area contributed by atoms with Crippen LogP contribution in [0.25, 0.3) is 0 Å². The Balaban J connectivity index is 1.58. The predicted octanol–water partition coefficient (Wildman–Crippen LogP) is 4.16. The number of amides is 1. The number of halogens is 1. The van der Waals surface area contributed by atoms with Gasteiger partial charge < -0.3 is 9.64 Å². The smallest absolute Gasteiger partial charge is 0.253 e. The molecule has 0 aliphatic carbocycles. The summed E-state index contributed by atoms with van der Waals surface area (Å²) in [6, 6.07) is 17.2. The van der Waals surface area contributed by atoms with Gasteiger partial charge >= 0.3 is 0 Å². The lowest BCUT2D eigenvalue weighted by molar-refractivity contribution is -0.00672. The molecule has 2 aromatic carbocycles. The monoisotopic (exact) mass is 329 g/mol. The molecule has 0 radical (unpaired) electrons. The molecular formula is C19H20ClNO2. The number of rotatable bonds is 4. The minimum absolute atomic E-state index is 0.0283. The highest BCUT2D eigenvalue weighted by Gasteiger charge is 2.25. The van der Waals surface area contributed by atoms with E-state index in [0.717, 1.165) is 24.9 Å². The fourth-order valence-electron chi connectivity index (χ4n) is 2.85. The molecule has 120 valence electrons. The zero-order valence-electron chi connectivity index (χ0n) is 13.0. The first kappa shape index (κ1) is 16.0. The molecule has 1 amide bonds. The number of carbonyl (C=O) groups excluding carboxylic acids is 1. The van der Waals surface area contributed by atoms with Crippen molar-refractivity contribution in [1.29, 1.82) is 0 Å². The maximum Gasteiger partial charge on any atom is 0.253 e. The van der Waals surface area contributed by atoms with Gasteiger partial charge in [-0.15, -0.1) is 0 Å². The highest BCUT2D eigenvalue weighted by atomic mass is 35.5. The summed E-state index contributed by atoms with van der Waals surface area (Å²) in [6.07, 6.45) is 2.05. The topological polar surface area (TPSA) is 29.5 Å². The van der Waals surface area contributed by atoms with Gasteiger partial charge in [-0.2, -0.15) is 0 Å². The van der Waals surface area contributed by atoms with Crippen molar-refractivity contribution in [2.24, 2.45) is 0 Å². The SMILES string of the molecule is O=C(c1cccc(Cl)c1)N1CCCC(OCc2ccccc2)C1. The third kappa shape index (κ3) is 4.34. The minimum atomic E-state index is 0.0283. The molecule has 0 aromatic heterocycles. The Labute approximate surface area is 141 Å². The lowest BCUT2D eigenvalue weighted by Crippen LogP contribution is -2.43. The standard InChI is InChI=1S/C19H20ClNO2/c20-17-9-4-8-16(12-17)19(22)21-11-5-10-18(13-21)23-14-15-6-2-1-3-7-15/h1-4,6-9,12,18H,5,10-11,13-14H2. The molecule has 1 atom stereocenters. The zero-order chi connectivity index (χ0) is 16.1. The second kappa shape index (κ2) is 7.62. The first-order valence-electron chi connectivity index (χ1n) is 7.93. The summed E-state index contributed by atoms with van der Waals surface area (Å²) in [7, 11) is 0. The normalized spacial score (nSPS) is 18.0. The van der Waals surface area contributed by atoms with Crippen molar-refractivity contribution in [1.82, 2.24) is 4.90 Å². The second-order valence-corrected chi connectivity index (χ2v) is 6.26. The first-order chi connectivity index (χ1) is 11.2. The van der Waals surface area contributed by atoms with Crippen LogP contribution in [-0.4, -0.2) is 30.0 Å². The van der Waals surface area contributed by atoms with E-state index in [1.807, 2.05) is 35.2 Å². The number of carbonyl (C=O) groups is 1. The molecule has 1 aliphatic rings. The van der Waals surface area contributed by atoms with Crippen molar-refractivity contribution in [3.8, 4) is 0 Å². The molecule has 1 unspecified atom stereocenters. The molecule has 1 aliphatic heterocycles. The van der Waals surface area contributed by atoms with Crippen molar-refractivity contribution in [3.05, 3.63) is 70.7 Å². The molecular weight excluding hydrogens is 310 g/mol. The molecule has 0 saturated carbocycles. The van der Waals surface area contributed by atoms with Crippen LogP contribution in [0.5, 0.6) is 0 Å². The number of hydrogen-bond donors (Lipinski definition) is 0. The average Bonchev–Trinajstić information content (AvgIpc) is 2.60. The zero-order valence-corrected chi connectivity index (χ0v) is 13.7. The van der Waals surface area contributed by atoms with Crippen LogP contribution < -0.4 is 0 Å². The van der Waals surface area contributed by atoms with Crippen molar-refractivity contribution in [3.63, 3.8) is 0 Å². The van der Waals surface area contributed by atoms with Crippen molar-refractivity contribution >= 4 is 17.5 Å². The van der Waals surface area contributed by atoms with Crippen LogP contribution in [0.4, 0.5) is 0 Å². The maximum absolute atomic E-state index is 12.6. The van der Waals surface area contributed by atoms with Gasteiger partial charge in [0, 0.05) is 23.7 Å². The lowest BCUT2D eigenvalue weighted by Gasteiger charge is -2.32. The number of nitrogens with zero attached hydrogens (tertiary/aromatic N) is 1. The van der Waals surface area contributed by atoms with Crippen molar-refractivity contribution < 1.29 is 9.53 Å². The van der Waals surface area contributed by atoms with Gasteiger partial charge in [0.05, 0.1) is 12.7 Å². The van der Waals surface area contributed by atoms with E-state index in [1.54, 1.807) is 12.1 Å². The average molecular weight is 330 g/mol. The second-order valence-electron chi connectivity index (χ2n) is 5.82. The largest absolute Gasteiger partial charge is 0.372 e. The summed E-state index contributed by atoms with van der Waals surface area (Å²) in [5, 5.41) is 0.588. The van der Waals surface area contributed by atoms with Gasteiger partial charge in [0.1, 0.15) is 0 Å². The lowest BCUT2D eigenvalue weighted by atomic mass is 10.1. The van der Waals surface area contributed by atoms with Gasteiger partial charge in [-0.1, -0.05) is 48.0 Å². The number of piperidine rings is 1. The predicted molar refractivity (Wildman–Crippen MR) is 91.6 cm³/mol. The fourth-order valence-corrected chi connectivity index (χ4v) is 3.04. The summed E-state index contributed by atoms with van der Waals surface area (Å²) in [4.78, 5) is 14.4. The van der Waals surface area contributed by atoms with Crippen LogP contribution >= 0.6 is 11.6 Å². The van der Waals surface area contributed by atoms with Gasteiger partial charge in [0.25, 0.3) is 5.91 Å². The molecule has 3 rings (SSSR count). The van der Waals surface area contributed by atoms with Gasteiger partial charge in [0.2, 0.25) is 0 Å². The van der Waals surface area contributed by atoms with Gasteiger partial charge in [0.15, 0.2) is 0 Å². The highest BCUT2D eigenvalue weighted by Crippen LogP contribution is 2.19. The third-order valence-electron chi connectivity index (χ3n) is 4.07. The van der Waals surface area contributed by atoms with E-state index in [-0.39, 0.29) is 12.0 Å². The molecule has 3 nitrogen and oxygen atoms in total. The van der Waals surface area contributed by atoms with E-state index in [9.17, 15) is 4.79 Å². The van der Waals surface area contributed by atoms with Gasteiger partial charge in [-0.25, -0.2) is 0 Å². The Hall–Kier alpha value is -1.84. The summed E-state index contributed by atoms with van der Waals surface area (Å²) in [5.74, 6) is 0.0283. The van der Waals surface area contributed by atoms with Crippen LogP contribution in [-0.2, 0) is 11.3 Å². The van der Waals surface area contributed by atoms with Crippen LogP contribution in [0, 0.1) is 0 Å². The summed E-state index contributed by atoms with van der Waals surface area (Å²) < 4.78 is 5.99. The van der Waals surface area contributed by atoms with Crippen LogP contribution in [0.2, 0.25) is 5.02 Å². The Morgan fingerprint density at radius 2 is 2.00 bits per heavy atom. The van der Waals surface area contributed by atoms with Crippen LogP contribution in [0.1, 0.15) is 28.8 Å². The Bertz CT molecular complexity index is 659. The number of ether oxygens (including phenoxy) is 1. The minimum Gasteiger partial charge on any atom is -0.372 e. The molecule has 23 heavy (non-hydrogen) atoms. The van der Waals surface area contributed by atoms with Gasteiger partial charge in [-0.05, 0) is 36.6 Å². The van der Waals surface area contributed by atoms with Crippen LogP contribution in [0.15, 0.2) is 54.6 Å². The van der Waals surface area contributed by atoms with Crippen molar-refractivity contribution in [2.45, 2.75) is 25.6 Å². The molecule has 1 heterocycles. The van der Waals surface area contributed by atoms with E-state index in [2.05, 4.69) is 12.1 Å². The molecule has 0 bridgehead atoms. The Morgan fingerprint density at radius 3 is 2.78 bits per heavy atom. The molecule has 2 aromatic rings. The molecule has 0 N–H and O–H groups in total. The van der Waals surface area contributed by atoms with E-state index in [0.29, 0.717) is 23.7 Å².